The minimum Gasteiger partial charge on any atom is -0.469 e. The number of ether oxygens (including phenoxy) is 9. The zero-order valence-electron chi connectivity index (χ0n) is 29.4. The summed E-state index contributed by atoms with van der Waals surface area (Å²) in [4.78, 5) is 54.4. The van der Waals surface area contributed by atoms with Gasteiger partial charge in [0.2, 0.25) is 6.29 Å². The number of hydrogen-bond acceptors (Lipinski definition) is 16. The summed E-state index contributed by atoms with van der Waals surface area (Å²) in [7, 11) is 2.23. The average Bonchev–Trinajstić information content (AvgIpc) is 3.47. The third kappa shape index (κ3) is 3.65. The maximum absolute atomic E-state index is 14.2. The van der Waals surface area contributed by atoms with E-state index in [4.69, 9.17) is 42.6 Å². The lowest BCUT2D eigenvalue weighted by atomic mass is 9.37. The molecule has 3 saturated carbocycles. The van der Waals surface area contributed by atoms with Gasteiger partial charge in [-0.1, -0.05) is 13.0 Å². The summed E-state index contributed by atoms with van der Waals surface area (Å²) in [5.74, 6) is -9.76. The van der Waals surface area contributed by atoms with Gasteiger partial charge in [-0.25, -0.2) is 9.59 Å². The normalized spacial score (nSPS) is 53.9. The molecule has 51 heavy (non-hydrogen) atoms. The Balaban J connectivity index is 1.40. The number of fused-ring (bicyclic) bond motifs is 7. The first-order chi connectivity index (χ1) is 23.9. The van der Waals surface area contributed by atoms with Gasteiger partial charge in [0.15, 0.2) is 5.60 Å². The first-order valence-corrected chi connectivity index (χ1v) is 17.2. The summed E-state index contributed by atoms with van der Waals surface area (Å²) >= 11 is 0. The molecule has 7 fully saturated rings. The van der Waals surface area contributed by atoms with Gasteiger partial charge in [0.25, 0.3) is 5.79 Å². The summed E-state index contributed by atoms with van der Waals surface area (Å²) in [5.41, 5.74) is -9.47. The first kappa shape index (κ1) is 34.9. The number of epoxide rings is 1. The number of carbonyl (C=O) groups is 4. The molecule has 3 N–H and O–H groups in total. The molecule has 1 spiro atoms. The highest BCUT2D eigenvalue weighted by molar-refractivity contribution is 5.88. The molecule has 0 aromatic heterocycles. The molecule has 5 heterocycles. The van der Waals surface area contributed by atoms with E-state index >= 15 is 0 Å². The Kier molecular flexibility index (Phi) is 7.20. The Labute approximate surface area is 293 Å². The van der Waals surface area contributed by atoms with Crippen molar-refractivity contribution in [3.63, 3.8) is 0 Å². The molecule has 2 bridgehead atoms. The molecule has 4 saturated heterocycles. The van der Waals surface area contributed by atoms with Crippen molar-refractivity contribution >= 4 is 23.9 Å². The van der Waals surface area contributed by atoms with Crippen molar-refractivity contribution < 1.29 is 77.1 Å². The number of carbonyl (C=O) groups excluding carboxylic acids is 4. The van der Waals surface area contributed by atoms with Crippen molar-refractivity contribution in [3.8, 4) is 0 Å². The molecule has 0 radical (unpaired) electrons. The summed E-state index contributed by atoms with van der Waals surface area (Å²) in [5, 5.41) is 37.4. The van der Waals surface area contributed by atoms with Gasteiger partial charge in [-0.3, -0.25) is 9.59 Å². The third-order valence-corrected chi connectivity index (χ3v) is 14.1. The lowest BCUT2D eigenvalue weighted by molar-refractivity contribution is -0.314. The number of allylic oxidation sites excluding steroid dienone is 1. The van der Waals surface area contributed by atoms with Gasteiger partial charge in [0.1, 0.15) is 28.8 Å². The summed E-state index contributed by atoms with van der Waals surface area (Å²) in [6.07, 6.45) is -3.11. The van der Waals surface area contributed by atoms with Crippen molar-refractivity contribution in [2.45, 2.75) is 107 Å². The molecule has 280 valence electrons. The predicted molar refractivity (Wildman–Crippen MR) is 164 cm³/mol. The highest BCUT2D eigenvalue weighted by atomic mass is 16.7. The van der Waals surface area contributed by atoms with Crippen molar-refractivity contribution in [3.05, 3.63) is 24.0 Å². The van der Waals surface area contributed by atoms with Gasteiger partial charge in [-0.15, -0.1) is 0 Å². The van der Waals surface area contributed by atoms with E-state index in [-0.39, 0.29) is 18.4 Å². The van der Waals surface area contributed by atoms with Crippen LogP contribution in [-0.2, 0) is 61.8 Å². The third-order valence-electron chi connectivity index (χ3n) is 14.1. The Morgan fingerprint density at radius 3 is 2.31 bits per heavy atom. The minimum atomic E-state index is -2.82. The lowest BCUT2D eigenvalue weighted by Gasteiger charge is -2.65. The molecule has 5 aliphatic heterocycles. The van der Waals surface area contributed by atoms with E-state index < -0.39 is 130 Å². The summed E-state index contributed by atoms with van der Waals surface area (Å²) < 4.78 is 54.0. The molecule has 0 amide bonds. The molecule has 16 atom stereocenters. The molecular formula is C35H44O16. The topological polar surface area (TPSA) is 215 Å². The zero-order valence-corrected chi connectivity index (χ0v) is 29.4. The molecule has 16 nitrogen and oxygen atoms in total. The fourth-order valence-corrected chi connectivity index (χ4v) is 12.2. The van der Waals surface area contributed by atoms with Crippen molar-refractivity contribution in [2.24, 2.45) is 34.0 Å². The first-order valence-electron chi connectivity index (χ1n) is 17.2. The SMILES string of the molecule is C/C=C(\C)C(=O)O[C@H]1C[C@@H](OC(C)=O)[C@@]2(C(=O)OC)CO[C@@H]3C2[C@]12CO[C@@](O)(C(=O)OC)[C@H]2[C@](C)(C12OC1(C)C1C[C@H]2O[C@@H]2OC=CC12O)[C@@H]3O. The van der Waals surface area contributed by atoms with Gasteiger partial charge in [-0.2, -0.15) is 0 Å². The number of aliphatic hydroxyl groups is 3. The van der Waals surface area contributed by atoms with Crippen LogP contribution in [-0.4, -0.2) is 126 Å². The molecule has 3 aliphatic carbocycles. The summed E-state index contributed by atoms with van der Waals surface area (Å²) in [6, 6.07) is 0. The minimum absolute atomic E-state index is 0.235. The van der Waals surface area contributed by atoms with Crippen LogP contribution in [0.5, 0.6) is 0 Å². The molecule has 8 aliphatic rings. The quantitative estimate of drug-likeness (QED) is 0.140. The van der Waals surface area contributed by atoms with E-state index in [0.29, 0.717) is 0 Å². The Hall–Kier alpha value is -3.12. The van der Waals surface area contributed by atoms with Crippen LogP contribution in [0.15, 0.2) is 24.0 Å². The van der Waals surface area contributed by atoms with Crippen molar-refractivity contribution in [2.75, 3.05) is 27.4 Å². The second kappa shape index (κ2) is 10.5. The Morgan fingerprint density at radius 1 is 0.961 bits per heavy atom. The van der Waals surface area contributed by atoms with Crippen LogP contribution < -0.4 is 0 Å². The molecule has 16 heteroatoms. The van der Waals surface area contributed by atoms with E-state index in [2.05, 4.69) is 0 Å². The van der Waals surface area contributed by atoms with Gasteiger partial charge in [0, 0.05) is 47.5 Å². The van der Waals surface area contributed by atoms with E-state index in [1.165, 1.54) is 19.3 Å². The van der Waals surface area contributed by atoms with Crippen molar-refractivity contribution in [1.29, 1.82) is 0 Å². The lowest BCUT2D eigenvalue weighted by Crippen LogP contribution is -2.79. The fourth-order valence-electron chi connectivity index (χ4n) is 12.2. The van der Waals surface area contributed by atoms with Crippen LogP contribution in [0.2, 0.25) is 0 Å². The highest BCUT2D eigenvalue weighted by Gasteiger charge is 2.97. The average molecular weight is 721 g/mol. The van der Waals surface area contributed by atoms with Crippen LogP contribution >= 0.6 is 0 Å². The Bertz CT molecular complexity index is 1660. The van der Waals surface area contributed by atoms with Crippen LogP contribution in [0.25, 0.3) is 0 Å². The molecule has 5 unspecified atom stereocenters. The number of esters is 4. The summed E-state index contributed by atoms with van der Waals surface area (Å²) in [6.45, 7) is 6.88. The number of aliphatic hydroxyl groups excluding tert-OH is 1. The van der Waals surface area contributed by atoms with Crippen LogP contribution in [0.4, 0.5) is 0 Å². The predicted octanol–water partition coefficient (Wildman–Crippen LogP) is -0.203. The second-order valence-corrected chi connectivity index (χ2v) is 15.8. The molecular weight excluding hydrogens is 676 g/mol. The zero-order chi connectivity index (χ0) is 36.9. The maximum Gasteiger partial charge on any atom is 0.366 e. The van der Waals surface area contributed by atoms with Crippen LogP contribution in [0.3, 0.4) is 0 Å². The molecule has 0 aromatic carbocycles. The molecule has 0 aromatic rings. The molecule has 8 rings (SSSR count). The van der Waals surface area contributed by atoms with Gasteiger partial charge >= 0.3 is 23.9 Å². The smallest absolute Gasteiger partial charge is 0.366 e. The standard InChI is InChI=1S/C35H44O16/c1-8-15(2)24(38)49-18-12-19(48-16(3)36)32(26(39)43-6)13-46-21-22(32)31(18)14-47-34(42,27(40)44-7)25(31)29(4,23(21)37)35-20-11-17(30(35,5)51-35)33(41)9-10-45-28(33)50-20/h8-10,17-23,25,28,37,41-42H,11-14H2,1-7H3/b15-8+/t17?,18-,19+,20+,21+,22?,23+,25-,28-,29+,30?,31-,32-,33?,34+,35?/m0/s1. The number of hydrogen-bond donors (Lipinski definition) is 3. The number of rotatable bonds is 6. The monoisotopic (exact) mass is 720 g/mol. The fraction of sp³-hybridized carbons (Fsp3) is 0.771. The van der Waals surface area contributed by atoms with E-state index in [9.17, 15) is 34.5 Å². The van der Waals surface area contributed by atoms with Gasteiger partial charge in [0.05, 0.1) is 52.0 Å². The van der Waals surface area contributed by atoms with Gasteiger partial charge < -0.3 is 58.0 Å². The highest BCUT2D eigenvalue weighted by Crippen LogP contribution is 2.83. The largest absolute Gasteiger partial charge is 0.469 e. The van der Waals surface area contributed by atoms with Crippen molar-refractivity contribution in [1.82, 2.24) is 0 Å². The van der Waals surface area contributed by atoms with E-state index in [1.54, 1.807) is 33.8 Å². The second-order valence-electron chi connectivity index (χ2n) is 15.8. The van der Waals surface area contributed by atoms with E-state index in [1.807, 2.05) is 0 Å². The van der Waals surface area contributed by atoms with Crippen LogP contribution in [0.1, 0.15) is 47.5 Å². The van der Waals surface area contributed by atoms with Crippen LogP contribution in [0, 0.1) is 34.0 Å². The van der Waals surface area contributed by atoms with Gasteiger partial charge in [-0.05, 0) is 33.3 Å². The number of methoxy groups -OCH3 is 2. The maximum atomic E-state index is 14.2. The van der Waals surface area contributed by atoms with E-state index in [0.717, 1.165) is 14.2 Å². The Morgan fingerprint density at radius 2 is 1.67 bits per heavy atom.